The van der Waals surface area contributed by atoms with Crippen LogP contribution in [0.25, 0.3) is 32.9 Å². The van der Waals surface area contributed by atoms with E-state index in [1.807, 2.05) is 0 Å². The Labute approximate surface area is 192 Å². The second kappa shape index (κ2) is 7.35. The molecule has 33 heavy (non-hydrogen) atoms. The first-order valence-electron chi connectivity index (χ1n) is 9.86. The van der Waals surface area contributed by atoms with Crippen LogP contribution in [0.5, 0.6) is 0 Å². The number of thiophene rings is 1. The van der Waals surface area contributed by atoms with Crippen molar-refractivity contribution in [3.05, 3.63) is 65.2 Å². The molecule has 0 radical (unpaired) electrons. The SMILES string of the molecule is CN1C(=N)N[C@](C)(c2sc3c(-c4cnc(-c5ccc(F)cc5)o4)cccc3c2F)CS1(=O)=O. The molecular weight excluding hydrogens is 470 g/mol. The average molecular weight is 489 g/mol. The summed E-state index contributed by atoms with van der Waals surface area (Å²) in [6.45, 7) is 1.57. The zero-order valence-corrected chi connectivity index (χ0v) is 19.2. The van der Waals surface area contributed by atoms with Gasteiger partial charge in [0.05, 0.1) is 22.4 Å². The summed E-state index contributed by atoms with van der Waals surface area (Å²) in [4.78, 5) is 4.45. The average Bonchev–Trinajstić information content (AvgIpc) is 3.38. The number of guanidine groups is 1. The van der Waals surface area contributed by atoms with Gasteiger partial charge in [0.25, 0.3) is 0 Å². The van der Waals surface area contributed by atoms with Crippen molar-refractivity contribution in [2.75, 3.05) is 12.8 Å². The van der Waals surface area contributed by atoms with E-state index in [2.05, 4.69) is 10.3 Å². The number of hydrogen-bond donors (Lipinski definition) is 2. The van der Waals surface area contributed by atoms with Crippen molar-refractivity contribution in [3.8, 4) is 22.8 Å². The van der Waals surface area contributed by atoms with Gasteiger partial charge < -0.3 is 9.73 Å². The molecule has 11 heteroatoms. The summed E-state index contributed by atoms with van der Waals surface area (Å²) in [5.41, 5.74) is -0.119. The lowest BCUT2D eigenvalue weighted by Crippen LogP contribution is -2.60. The van der Waals surface area contributed by atoms with Crippen molar-refractivity contribution >= 4 is 37.4 Å². The Morgan fingerprint density at radius 2 is 1.94 bits per heavy atom. The maximum Gasteiger partial charge on any atom is 0.239 e. The second-order valence-corrected chi connectivity index (χ2v) is 11.0. The Bertz CT molecular complexity index is 1510. The fourth-order valence-corrected chi connectivity index (χ4v) is 6.71. The van der Waals surface area contributed by atoms with E-state index in [9.17, 15) is 12.8 Å². The molecule has 2 aromatic heterocycles. The fraction of sp³-hybridized carbons (Fsp3) is 0.182. The number of aromatic nitrogens is 1. The highest BCUT2D eigenvalue weighted by molar-refractivity contribution is 7.89. The van der Waals surface area contributed by atoms with Gasteiger partial charge in [0, 0.05) is 28.3 Å². The molecule has 5 rings (SSSR count). The third kappa shape index (κ3) is 3.47. The summed E-state index contributed by atoms with van der Waals surface area (Å²) in [7, 11) is -2.50. The van der Waals surface area contributed by atoms with Crippen LogP contribution in [0.15, 0.2) is 53.1 Å². The molecular formula is C22H18F2N4O3S2. The molecule has 2 aromatic carbocycles. The number of sulfonamides is 1. The monoisotopic (exact) mass is 488 g/mol. The molecule has 0 amide bonds. The minimum Gasteiger partial charge on any atom is -0.436 e. The lowest BCUT2D eigenvalue weighted by Gasteiger charge is -2.39. The Hall–Kier alpha value is -3.31. The molecule has 1 atom stereocenters. The Balaban J connectivity index is 1.61. The summed E-state index contributed by atoms with van der Waals surface area (Å²) in [6.07, 6.45) is 1.51. The number of fused-ring (bicyclic) bond motifs is 1. The van der Waals surface area contributed by atoms with Gasteiger partial charge >= 0.3 is 0 Å². The molecule has 1 aliphatic rings. The van der Waals surface area contributed by atoms with Crippen LogP contribution in [0.4, 0.5) is 8.78 Å². The van der Waals surface area contributed by atoms with Gasteiger partial charge in [-0.05, 0) is 37.3 Å². The number of rotatable bonds is 3. The van der Waals surface area contributed by atoms with Gasteiger partial charge in [-0.3, -0.25) is 5.41 Å². The Morgan fingerprint density at radius 3 is 2.64 bits per heavy atom. The van der Waals surface area contributed by atoms with E-state index in [0.29, 0.717) is 32.9 Å². The molecule has 4 aromatic rings. The van der Waals surface area contributed by atoms with E-state index in [0.717, 1.165) is 15.6 Å². The lowest BCUT2D eigenvalue weighted by molar-refractivity contribution is 0.412. The minimum absolute atomic E-state index is 0.185. The third-order valence-electron chi connectivity index (χ3n) is 5.62. The zero-order chi connectivity index (χ0) is 23.5. The first-order valence-corrected chi connectivity index (χ1v) is 12.3. The number of halogens is 2. The van der Waals surface area contributed by atoms with Crippen LogP contribution >= 0.6 is 11.3 Å². The highest BCUT2D eigenvalue weighted by atomic mass is 32.2. The largest absolute Gasteiger partial charge is 0.436 e. The summed E-state index contributed by atoms with van der Waals surface area (Å²) in [5, 5.41) is 11.2. The number of nitrogens with zero attached hydrogens (tertiary/aromatic N) is 2. The molecule has 1 aliphatic heterocycles. The summed E-state index contributed by atoms with van der Waals surface area (Å²) in [5.74, 6) is -0.937. The van der Waals surface area contributed by atoms with Crippen molar-refractivity contribution < 1.29 is 21.6 Å². The standard InChI is InChI=1S/C22H18F2N4O3S2/c1-22(11-33(29,30)28(2)21(25)27-22)19-17(24)15-5-3-4-14(18(15)32-19)16-10-26-20(31-16)12-6-8-13(23)9-7-12/h3-10H,11H2,1-2H3,(H2,25,27)/t22-/m0/s1. The van der Waals surface area contributed by atoms with Gasteiger partial charge in [0.1, 0.15) is 11.6 Å². The van der Waals surface area contributed by atoms with Crippen LogP contribution in [-0.2, 0) is 15.6 Å². The summed E-state index contributed by atoms with van der Waals surface area (Å²) < 4.78 is 61.1. The molecule has 0 spiro atoms. The molecule has 7 nitrogen and oxygen atoms in total. The topological polar surface area (TPSA) is 99.3 Å². The van der Waals surface area contributed by atoms with Gasteiger partial charge in [-0.15, -0.1) is 11.3 Å². The third-order valence-corrected chi connectivity index (χ3v) is 9.05. The normalized spacial score (nSPS) is 20.2. The van der Waals surface area contributed by atoms with Gasteiger partial charge in [0.15, 0.2) is 5.76 Å². The van der Waals surface area contributed by atoms with Crippen LogP contribution in [0.1, 0.15) is 11.8 Å². The number of hydrogen-bond acceptors (Lipinski definition) is 6. The highest BCUT2D eigenvalue weighted by Crippen LogP contribution is 2.43. The summed E-state index contributed by atoms with van der Waals surface area (Å²) in [6, 6.07) is 10.8. The van der Waals surface area contributed by atoms with E-state index in [-0.39, 0.29) is 16.7 Å². The van der Waals surface area contributed by atoms with Crippen LogP contribution < -0.4 is 5.32 Å². The molecule has 0 aliphatic carbocycles. The molecule has 1 saturated heterocycles. The van der Waals surface area contributed by atoms with Gasteiger partial charge in [-0.25, -0.2) is 26.5 Å². The first-order chi connectivity index (χ1) is 15.6. The quantitative estimate of drug-likeness (QED) is 0.442. The highest BCUT2D eigenvalue weighted by Gasteiger charge is 2.44. The van der Waals surface area contributed by atoms with Crippen LogP contribution in [0, 0.1) is 17.0 Å². The molecule has 0 bridgehead atoms. The maximum atomic E-state index is 15.5. The zero-order valence-electron chi connectivity index (χ0n) is 17.5. The first kappa shape index (κ1) is 21.5. The number of nitrogens with one attached hydrogen (secondary N) is 2. The predicted octanol–water partition coefficient (Wildman–Crippen LogP) is 4.52. The molecule has 2 N–H and O–H groups in total. The molecule has 3 heterocycles. The number of oxazole rings is 1. The molecule has 1 fully saturated rings. The van der Waals surface area contributed by atoms with E-state index >= 15 is 4.39 Å². The minimum atomic E-state index is -3.78. The molecule has 0 saturated carbocycles. The van der Waals surface area contributed by atoms with E-state index in [4.69, 9.17) is 9.83 Å². The van der Waals surface area contributed by atoms with E-state index < -0.39 is 27.1 Å². The number of benzene rings is 2. The molecule has 170 valence electrons. The van der Waals surface area contributed by atoms with Crippen LogP contribution in [0.3, 0.4) is 0 Å². The van der Waals surface area contributed by atoms with Gasteiger partial charge in [0.2, 0.25) is 21.9 Å². The van der Waals surface area contributed by atoms with Crippen molar-refractivity contribution in [2.24, 2.45) is 0 Å². The molecule has 0 unspecified atom stereocenters. The van der Waals surface area contributed by atoms with Crippen molar-refractivity contribution in [1.29, 1.82) is 5.41 Å². The van der Waals surface area contributed by atoms with Crippen molar-refractivity contribution in [3.63, 3.8) is 0 Å². The van der Waals surface area contributed by atoms with Crippen molar-refractivity contribution in [1.82, 2.24) is 14.6 Å². The predicted molar refractivity (Wildman–Crippen MR) is 122 cm³/mol. The summed E-state index contributed by atoms with van der Waals surface area (Å²) >= 11 is 1.11. The van der Waals surface area contributed by atoms with Gasteiger partial charge in [-0.2, -0.15) is 0 Å². The lowest BCUT2D eigenvalue weighted by atomic mass is 10.0. The van der Waals surface area contributed by atoms with E-state index in [1.54, 1.807) is 37.3 Å². The Morgan fingerprint density at radius 1 is 1.21 bits per heavy atom. The van der Waals surface area contributed by atoms with Crippen molar-refractivity contribution in [2.45, 2.75) is 12.5 Å². The maximum absolute atomic E-state index is 15.5. The van der Waals surface area contributed by atoms with Crippen LogP contribution in [0.2, 0.25) is 0 Å². The smallest absolute Gasteiger partial charge is 0.239 e. The van der Waals surface area contributed by atoms with Gasteiger partial charge in [-0.1, -0.05) is 12.1 Å². The Kier molecular flexibility index (Phi) is 4.80. The van der Waals surface area contributed by atoms with Crippen LogP contribution in [-0.4, -0.2) is 36.5 Å². The second-order valence-electron chi connectivity index (χ2n) is 7.99. The fourth-order valence-electron chi connectivity index (χ4n) is 3.86. The van der Waals surface area contributed by atoms with E-state index in [1.165, 1.54) is 25.4 Å².